The summed E-state index contributed by atoms with van der Waals surface area (Å²) in [6.07, 6.45) is 9.75. The summed E-state index contributed by atoms with van der Waals surface area (Å²) in [4.78, 5) is 0. The minimum Gasteiger partial charge on any atom is -0.482 e. The van der Waals surface area contributed by atoms with Crippen LogP contribution in [0, 0.1) is 23.5 Å². The van der Waals surface area contributed by atoms with Crippen molar-refractivity contribution >= 4 is 8.41 Å². The van der Waals surface area contributed by atoms with Crippen molar-refractivity contribution in [1.82, 2.24) is 0 Å². The summed E-state index contributed by atoms with van der Waals surface area (Å²) in [7, 11) is -2.80. The van der Waals surface area contributed by atoms with Crippen LogP contribution in [-0.2, 0) is 0 Å². The van der Waals surface area contributed by atoms with E-state index < -0.39 is 38.8 Å². The minimum atomic E-state index is -2.80. The molecule has 0 radical (unpaired) electrons. The van der Waals surface area contributed by atoms with E-state index in [9.17, 15) is 17.6 Å². The van der Waals surface area contributed by atoms with Gasteiger partial charge in [-0.3, -0.25) is 0 Å². The standard InChI is InChI=1S/C26H39F5OSi/c1-2-3-4-5-19-6-8-20(9-7-19)10-13-33(31)14-11-21(12-15-33)22-16-23(27)26(24(28)17-22)32-18-25(29)30/h16-17,19-21,25H,2-15,18H2,1H3/t19-,20-,21?,33?. The summed E-state index contributed by atoms with van der Waals surface area (Å²) in [6, 6.07) is 4.13. The van der Waals surface area contributed by atoms with Gasteiger partial charge in [0.1, 0.15) is 6.61 Å². The highest BCUT2D eigenvalue weighted by Gasteiger charge is 2.40. The molecule has 1 saturated carbocycles. The Morgan fingerprint density at radius 3 is 2.03 bits per heavy atom. The molecule has 1 nitrogen and oxygen atoms in total. The van der Waals surface area contributed by atoms with E-state index >= 15 is 4.11 Å². The predicted octanol–water partition coefficient (Wildman–Crippen LogP) is 9.18. The summed E-state index contributed by atoms with van der Waals surface area (Å²) in [5, 5.41) is 0. The molecule has 2 fully saturated rings. The summed E-state index contributed by atoms with van der Waals surface area (Å²) in [5.41, 5.74) is 0.479. The smallest absolute Gasteiger partial charge is 0.272 e. The quantitative estimate of drug-likeness (QED) is 0.130. The molecule has 1 aliphatic carbocycles. The monoisotopic (exact) mass is 490 g/mol. The molecular weight excluding hydrogens is 451 g/mol. The van der Waals surface area contributed by atoms with Crippen molar-refractivity contribution in [2.24, 2.45) is 11.8 Å². The third-order valence-corrected chi connectivity index (χ3v) is 11.5. The van der Waals surface area contributed by atoms with Gasteiger partial charge in [0, 0.05) is 0 Å². The number of ether oxygens (including phenoxy) is 1. The van der Waals surface area contributed by atoms with Crippen molar-refractivity contribution in [3.05, 3.63) is 29.3 Å². The fourth-order valence-corrected chi connectivity index (χ4v) is 9.18. The molecule has 1 aromatic carbocycles. The Morgan fingerprint density at radius 1 is 0.909 bits per heavy atom. The first kappa shape index (κ1) is 26.5. The Labute approximate surface area is 196 Å². The zero-order valence-electron chi connectivity index (χ0n) is 19.9. The number of benzene rings is 1. The molecule has 0 amide bonds. The van der Waals surface area contributed by atoms with Gasteiger partial charge in [0.25, 0.3) is 6.43 Å². The highest BCUT2D eigenvalue weighted by molar-refractivity contribution is 6.73. The van der Waals surface area contributed by atoms with Crippen LogP contribution in [0.25, 0.3) is 0 Å². The molecule has 0 unspecified atom stereocenters. The third kappa shape index (κ3) is 7.96. The zero-order valence-corrected chi connectivity index (χ0v) is 20.9. The van der Waals surface area contributed by atoms with Crippen molar-refractivity contribution in [3.63, 3.8) is 0 Å². The Bertz CT molecular complexity index is 704. The molecule has 1 aliphatic heterocycles. The molecule has 1 heterocycles. The SMILES string of the molecule is CCCCC[C@H]1CC[C@H](CC[Si]2(F)CCC(c3cc(F)c(OCC(F)F)c(F)c3)CC2)CC1. The Hall–Kier alpha value is -1.11. The molecule has 0 N–H and O–H groups in total. The van der Waals surface area contributed by atoms with Gasteiger partial charge in [0.15, 0.2) is 17.4 Å². The topological polar surface area (TPSA) is 9.23 Å². The van der Waals surface area contributed by atoms with E-state index in [-0.39, 0.29) is 5.92 Å². The maximum Gasteiger partial charge on any atom is 0.272 e. The maximum absolute atomic E-state index is 15.6. The highest BCUT2D eigenvalue weighted by Crippen LogP contribution is 2.44. The van der Waals surface area contributed by atoms with Crippen molar-refractivity contribution in [3.8, 4) is 5.75 Å². The van der Waals surface area contributed by atoms with Gasteiger partial charge in [-0.25, -0.2) is 17.6 Å². The molecule has 1 saturated heterocycles. The van der Waals surface area contributed by atoms with Crippen LogP contribution in [-0.4, -0.2) is 21.4 Å². The minimum absolute atomic E-state index is 0.0897. The zero-order chi connectivity index (χ0) is 23.8. The van der Waals surface area contributed by atoms with Crippen LogP contribution in [0.2, 0.25) is 18.1 Å². The lowest BCUT2D eigenvalue weighted by molar-refractivity contribution is 0.0777. The van der Waals surface area contributed by atoms with E-state index in [1.807, 2.05) is 0 Å². The average molecular weight is 491 g/mol. The van der Waals surface area contributed by atoms with Gasteiger partial charge in [-0.1, -0.05) is 64.7 Å². The summed E-state index contributed by atoms with van der Waals surface area (Å²) in [6.45, 7) is 1.19. The second-order valence-corrected chi connectivity index (χ2v) is 14.2. The molecule has 33 heavy (non-hydrogen) atoms. The van der Waals surface area contributed by atoms with E-state index in [1.165, 1.54) is 63.5 Å². The van der Waals surface area contributed by atoms with Crippen LogP contribution < -0.4 is 4.74 Å². The summed E-state index contributed by atoms with van der Waals surface area (Å²) in [5.74, 6) is -1.25. The van der Waals surface area contributed by atoms with Crippen LogP contribution in [0.3, 0.4) is 0 Å². The molecule has 1 aromatic rings. The van der Waals surface area contributed by atoms with Gasteiger partial charge in [0.05, 0.1) is 0 Å². The lowest BCUT2D eigenvalue weighted by atomic mass is 9.79. The van der Waals surface area contributed by atoms with E-state index in [0.717, 1.165) is 12.3 Å². The average Bonchev–Trinajstić information content (AvgIpc) is 2.78. The molecule has 0 aromatic heterocycles. The molecule has 3 rings (SSSR count). The number of hydrogen-bond donors (Lipinski definition) is 0. The van der Waals surface area contributed by atoms with Gasteiger partial charge >= 0.3 is 0 Å². The number of unbranched alkanes of at least 4 members (excludes halogenated alkanes) is 2. The van der Waals surface area contributed by atoms with Gasteiger partial charge in [-0.15, -0.1) is 0 Å². The van der Waals surface area contributed by atoms with Crippen LogP contribution in [0.5, 0.6) is 5.75 Å². The first-order chi connectivity index (χ1) is 15.8. The summed E-state index contributed by atoms with van der Waals surface area (Å²) < 4.78 is 73.2. The lowest BCUT2D eigenvalue weighted by Crippen LogP contribution is -2.34. The fourth-order valence-electron chi connectivity index (χ4n) is 5.77. The van der Waals surface area contributed by atoms with E-state index in [2.05, 4.69) is 11.7 Å². The Kier molecular flexibility index (Phi) is 10.1. The second kappa shape index (κ2) is 12.5. The normalized spacial score (nSPS) is 28.3. The van der Waals surface area contributed by atoms with Crippen molar-refractivity contribution < 1.29 is 26.4 Å². The van der Waals surface area contributed by atoms with Crippen LogP contribution >= 0.6 is 0 Å². The first-order valence-corrected chi connectivity index (χ1v) is 15.4. The van der Waals surface area contributed by atoms with Gasteiger partial charge in [-0.2, -0.15) is 0 Å². The maximum atomic E-state index is 15.6. The Morgan fingerprint density at radius 2 is 1.48 bits per heavy atom. The number of hydrogen-bond acceptors (Lipinski definition) is 1. The van der Waals surface area contributed by atoms with Crippen molar-refractivity contribution in [1.29, 1.82) is 0 Å². The van der Waals surface area contributed by atoms with E-state index in [4.69, 9.17) is 0 Å². The lowest BCUT2D eigenvalue weighted by Gasteiger charge is -2.34. The molecule has 2 aliphatic rings. The Balaban J connectivity index is 1.43. The molecule has 0 atom stereocenters. The fraction of sp³-hybridized carbons (Fsp3) is 0.769. The van der Waals surface area contributed by atoms with Gasteiger partial charge in [0.2, 0.25) is 8.41 Å². The molecular formula is C26H39F5OSi. The first-order valence-electron chi connectivity index (χ1n) is 12.9. The molecule has 0 bridgehead atoms. The largest absolute Gasteiger partial charge is 0.482 e. The third-order valence-electron chi connectivity index (χ3n) is 7.91. The molecule has 188 valence electrons. The van der Waals surface area contributed by atoms with Crippen molar-refractivity contribution in [2.75, 3.05) is 6.61 Å². The second-order valence-electron chi connectivity index (χ2n) is 10.4. The van der Waals surface area contributed by atoms with Crippen LogP contribution in [0.15, 0.2) is 12.1 Å². The van der Waals surface area contributed by atoms with E-state index in [0.29, 0.717) is 42.5 Å². The summed E-state index contributed by atoms with van der Waals surface area (Å²) >= 11 is 0. The molecule has 0 spiro atoms. The number of rotatable bonds is 11. The molecule has 7 heteroatoms. The van der Waals surface area contributed by atoms with Crippen LogP contribution in [0.1, 0.15) is 89.0 Å². The number of alkyl halides is 2. The highest BCUT2D eigenvalue weighted by atomic mass is 28.4. The van der Waals surface area contributed by atoms with Gasteiger partial charge < -0.3 is 8.84 Å². The predicted molar refractivity (Wildman–Crippen MR) is 125 cm³/mol. The van der Waals surface area contributed by atoms with Gasteiger partial charge in [-0.05, 0) is 66.4 Å². The van der Waals surface area contributed by atoms with E-state index in [1.54, 1.807) is 0 Å². The van der Waals surface area contributed by atoms with Crippen molar-refractivity contribution in [2.45, 2.75) is 108 Å². The van der Waals surface area contributed by atoms with Crippen LogP contribution in [0.4, 0.5) is 21.7 Å². The number of halogens is 5.